The Hall–Kier alpha value is -3.28. The molecular formula is C27H25ClN2O3. The van der Waals surface area contributed by atoms with Crippen LogP contribution in [0.2, 0.25) is 5.02 Å². The van der Waals surface area contributed by atoms with E-state index >= 15 is 0 Å². The summed E-state index contributed by atoms with van der Waals surface area (Å²) >= 11 is 6.13. The number of halogens is 1. The Bertz CT molecular complexity index is 1140. The third kappa shape index (κ3) is 4.90. The van der Waals surface area contributed by atoms with Crippen LogP contribution in [0.15, 0.2) is 78.9 Å². The van der Waals surface area contributed by atoms with Crippen molar-refractivity contribution in [3.05, 3.63) is 101 Å². The summed E-state index contributed by atoms with van der Waals surface area (Å²) in [7, 11) is 0. The summed E-state index contributed by atoms with van der Waals surface area (Å²) in [6.07, 6.45) is 3.47. The summed E-state index contributed by atoms with van der Waals surface area (Å²) in [5.74, 6) is 1.48. The predicted octanol–water partition coefficient (Wildman–Crippen LogP) is 5.02. The van der Waals surface area contributed by atoms with Gasteiger partial charge in [-0.15, -0.1) is 0 Å². The number of carbonyl (C=O) groups excluding carboxylic acids is 1. The van der Waals surface area contributed by atoms with Crippen molar-refractivity contribution in [2.24, 2.45) is 0 Å². The molecule has 2 heterocycles. The van der Waals surface area contributed by atoms with Crippen molar-refractivity contribution < 1.29 is 14.3 Å². The molecule has 0 radical (unpaired) electrons. The molecule has 0 saturated carbocycles. The van der Waals surface area contributed by atoms with Gasteiger partial charge in [-0.25, -0.2) is 0 Å². The van der Waals surface area contributed by atoms with Gasteiger partial charge >= 0.3 is 0 Å². The minimum atomic E-state index is 0.0232. The van der Waals surface area contributed by atoms with Crippen molar-refractivity contribution in [2.75, 3.05) is 33.0 Å². The van der Waals surface area contributed by atoms with Gasteiger partial charge in [0.1, 0.15) is 0 Å². The number of ether oxygens (including phenoxy) is 2. The Morgan fingerprint density at radius 2 is 1.55 bits per heavy atom. The summed E-state index contributed by atoms with van der Waals surface area (Å²) in [4.78, 5) is 17.2. The van der Waals surface area contributed by atoms with Crippen LogP contribution in [-0.2, 0) is 4.79 Å². The summed E-state index contributed by atoms with van der Waals surface area (Å²) in [5.41, 5.74) is 3.36. The number of fused-ring (bicyclic) bond motifs is 1. The normalized spacial score (nSPS) is 16.8. The standard InChI is InChI=1S/C27H25ClN2O3/c28-23-10-8-22(9-11-23)27(21-4-2-1-3-5-21)30-16-14-29(15-17-30)26(31)13-7-20-6-12-24-25(18-20)33-19-32-24/h1-13,18,27H,14-17,19H2/b13-7+. The third-order valence-electron chi connectivity index (χ3n) is 6.11. The predicted molar refractivity (Wildman–Crippen MR) is 129 cm³/mol. The van der Waals surface area contributed by atoms with Gasteiger partial charge in [0, 0.05) is 37.3 Å². The fraction of sp³-hybridized carbons (Fsp3) is 0.222. The van der Waals surface area contributed by atoms with Crippen molar-refractivity contribution in [1.29, 1.82) is 0 Å². The summed E-state index contributed by atoms with van der Waals surface area (Å²) in [6, 6.07) is 24.3. The zero-order valence-corrected chi connectivity index (χ0v) is 18.9. The number of amides is 1. The lowest BCUT2D eigenvalue weighted by Gasteiger charge is -2.39. The van der Waals surface area contributed by atoms with Gasteiger partial charge in [-0.05, 0) is 47.0 Å². The monoisotopic (exact) mass is 460 g/mol. The van der Waals surface area contributed by atoms with E-state index in [-0.39, 0.29) is 18.7 Å². The quantitative estimate of drug-likeness (QED) is 0.501. The first kappa shape index (κ1) is 21.6. The maximum Gasteiger partial charge on any atom is 0.246 e. The first-order valence-electron chi connectivity index (χ1n) is 11.1. The molecule has 0 aromatic heterocycles. The molecule has 3 aromatic carbocycles. The zero-order chi connectivity index (χ0) is 22.6. The Balaban J connectivity index is 1.26. The van der Waals surface area contributed by atoms with Crippen molar-refractivity contribution >= 4 is 23.6 Å². The SMILES string of the molecule is O=C(/C=C/c1ccc2c(c1)OCO2)N1CCN(C(c2ccccc2)c2ccc(Cl)cc2)CC1. The van der Waals surface area contributed by atoms with Crippen LogP contribution in [0.3, 0.4) is 0 Å². The molecule has 33 heavy (non-hydrogen) atoms. The van der Waals surface area contributed by atoms with Gasteiger partial charge in [-0.2, -0.15) is 0 Å². The summed E-state index contributed by atoms with van der Waals surface area (Å²) in [5, 5.41) is 0.732. The number of piperazine rings is 1. The van der Waals surface area contributed by atoms with E-state index in [9.17, 15) is 4.79 Å². The largest absolute Gasteiger partial charge is 0.454 e. The topological polar surface area (TPSA) is 42.0 Å². The average molecular weight is 461 g/mol. The Labute approximate surface area is 198 Å². The summed E-state index contributed by atoms with van der Waals surface area (Å²) < 4.78 is 10.8. The molecule has 0 N–H and O–H groups in total. The van der Waals surface area contributed by atoms with Crippen molar-refractivity contribution in [3.63, 3.8) is 0 Å². The number of rotatable bonds is 5. The van der Waals surface area contributed by atoms with Gasteiger partial charge in [0.05, 0.1) is 6.04 Å². The highest BCUT2D eigenvalue weighted by molar-refractivity contribution is 6.30. The van der Waals surface area contributed by atoms with E-state index in [4.69, 9.17) is 21.1 Å². The van der Waals surface area contributed by atoms with Crippen LogP contribution >= 0.6 is 11.6 Å². The van der Waals surface area contributed by atoms with Gasteiger partial charge in [-0.3, -0.25) is 9.69 Å². The second-order valence-electron chi connectivity index (χ2n) is 8.17. The van der Waals surface area contributed by atoms with E-state index in [1.807, 2.05) is 47.4 Å². The van der Waals surface area contributed by atoms with E-state index in [2.05, 4.69) is 41.3 Å². The molecule has 5 nitrogen and oxygen atoms in total. The minimum absolute atomic E-state index is 0.0232. The van der Waals surface area contributed by atoms with E-state index < -0.39 is 0 Å². The van der Waals surface area contributed by atoms with E-state index in [0.29, 0.717) is 18.8 Å². The molecule has 2 aliphatic heterocycles. The second-order valence-corrected chi connectivity index (χ2v) is 8.61. The molecule has 6 heteroatoms. The van der Waals surface area contributed by atoms with Crippen molar-refractivity contribution in [3.8, 4) is 11.5 Å². The molecule has 1 amide bonds. The van der Waals surface area contributed by atoms with Gasteiger partial charge < -0.3 is 14.4 Å². The van der Waals surface area contributed by atoms with E-state index in [1.165, 1.54) is 11.1 Å². The number of carbonyl (C=O) groups is 1. The highest BCUT2D eigenvalue weighted by Gasteiger charge is 2.27. The second kappa shape index (κ2) is 9.69. The molecule has 2 aliphatic rings. The number of hydrogen-bond acceptors (Lipinski definition) is 4. The first-order chi connectivity index (χ1) is 16.2. The lowest BCUT2D eigenvalue weighted by molar-refractivity contribution is -0.127. The molecule has 3 aromatic rings. The van der Waals surface area contributed by atoms with Crippen LogP contribution in [0.4, 0.5) is 0 Å². The molecule has 1 fully saturated rings. The highest BCUT2D eigenvalue weighted by Crippen LogP contribution is 2.33. The molecule has 168 valence electrons. The molecule has 0 bridgehead atoms. The van der Waals surface area contributed by atoms with Gasteiger partial charge in [0.2, 0.25) is 12.7 Å². The molecular weight excluding hydrogens is 436 g/mol. The van der Waals surface area contributed by atoms with E-state index in [1.54, 1.807) is 6.08 Å². The van der Waals surface area contributed by atoms with E-state index in [0.717, 1.165) is 29.4 Å². The van der Waals surface area contributed by atoms with Gasteiger partial charge in [0.15, 0.2) is 11.5 Å². The Kier molecular flexibility index (Phi) is 6.33. The first-order valence-corrected chi connectivity index (χ1v) is 11.5. The lowest BCUT2D eigenvalue weighted by atomic mass is 9.96. The van der Waals surface area contributed by atoms with Crippen molar-refractivity contribution in [2.45, 2.75) is 6.04 Å². The molecule has 1 saturated heterocycles. The number of hydrogen-bond donors (Lipinski definition) is 0. The van der Waals surface area contributed by atoms with Crippen molar-refractivity contribution in [1.82, 2.24) is 9.80 Å². The maximum absolute atomic E-state index is 12.8. The maximum atomic E-state index is 12.8. The van der Waals surface area contributed by atoms with Crippen LogP contribution in [-0.4, -0.2) is 48.7 Å². The molecule has 1 unspecified atom stereocenters. The van der Waals surface area contributed by atoms with Crippen LogP contribution in [0.1, 0.15) is 22.7 Å². The van der Waals surface area contributed by atoms with Crippen LogP contribution < -0.4 is 9.47 Å². The number of benzene rings is 3. The Morgan fingerprint density at radius 3 is 2.30 bits per heavy atom. The van der Waals surface area contributed by atoms with Crippen LogP contribution in [0.5, 0.6) is 11.5 Å². The minimum Gasteiger partial charge on any atom is -0.454 e. The molecule has 0 aliphatic carbocycles. The average Bonchev–Trinajstić information content (AvgIpc) is 3.33. The van der Waals surface area contributed by atoms with Crippen LogP contribution in [0, 0.1) is 0 Å². The van der Waals surface area contributed by atoms with Gasteiger partial charge in [0.25, 0.3) is 0 Å². The molecule has 5 rings (SSSR count). The number of nitrogens with zero attached hydrogens (tertiary/aromatic N) is 2. The Morgan fingerprint density at radius 1 is 0.848 bits per heavy atom. The molecule has 0 spiro atoms. The fourth-order valence-corrected chi connectivity index (χ4v) is 4.51. The third-order valence-corrected chi connectivity index (χ3v) is 6.36. The van der Waals surface area contributed by atoms with Crippen LogP contribution in [0.25, 0.3) is 6.08 Å². The molecule has 1 atom stereocenters. The van der Waals surface area contributed by atoms with Gasteiger partial charge in [-0.1, -0.05) is 60.1 Å². The lowest BCUT2D eigenvalue weighted by Crippen LogP contribution is -2.49. The fourth-order valence-electron chi connectivity index (χ4n) is 4.38. The summed E-state index contributed by atoms with van der Waals surface area (Å²) in [6.45, 7) is 3.20. The zero-order valence-electron chi connectivity index (χ0n) is 18.2. The highest BCUT2D eigenvalue weighted by atomic mass is 35.5. The smallest absolute Gasteiger partial charge is 0.246 e.